The fraction of sp³-hybridized carbons (Fsp3) is 0.350. The summed E-state index contributed by atoms with van der Waals surface area (Å²) in [5.74, 6) is 0.858. The predicted octanol–water partition coefficient (Wildman–Crippen LogP) is 4.43. The van der Waals surface area contributed by atoms with Crippen molar-refractivity contribution in [1.29, 1.82) is 0 Å². The molecule has 7 nitrogen and oxygen atoms in total. The molecule has 1 atom stereocenters. The molecule has 1 N–H and O–H groups in total. The van der Waals surface area contributed by atoms with Crippen molar-refractivity contribution in [3.8, 4) is 11.5 Å². The van der Waals surface area contributed by atoms with Crippen molar-refractivity contribution in [2.45, 2.75) is 33.3 Å². The highest BCUT2D eigenvalue weighted by molar-refractivity contribution is 5.94. The lowest BCUT2D eigenvalue weighted by atomic mass is 10.1. The van der Waals surface area contributed by atoms with E-state index in [1.165, 1.54) is 19.1 Å². The van der Waals surface area contributed by atoms with Gasteiger partial charge >= 0.3 is 5.69 Å². The van der Waals surface area contributed by atoms with E-state index in [9.17, 15) is 14.9 Å². The Morgan fingerprint density at radius 1 is 1.15 bits per heavy atom. The number of rotatable bonds is 9. The number of anilines is 1. The Labute approximate surface area is 158 Å². The molecule has 1 unspecified atom stereocenters. The number of nitrogens with zero attached hydrogens (tertiary/aromatic N) is 1. The highest BCUT2D eigenvalue weighted by Crippen LogP contribution is 2.27. The van der Waals surface area contributed by atoms with Crippen LogP contribution in [0.15, 0.2) is 48.5 Å². The second-order valence-corrected chi connectivity index (χ2v) is 6.53. The molecule has 0 spiro atoms. The van der Waals surface area contributed by atoms with Crippen molar-refractivity contribution in [3.63, 3.8) is 0 Å². The molecule has 144 valence electrons. The van der Waals surface area contributed by atoms with E-state index in [1.807, 2.05) is 6.07 Å². The minimum Gasteiger partial charge on any atom is -0.494 e. The summed E-state index contributed by atoms with van der Waals surface area (Å²) in [5.41, 5.74) is 0.387. The van der Waals surface area contributed by atoms with Gasteiger partial charge in [0.15, 0.2) is 11.9 Å². The molecule has 0 aliphatic heterocycles. The van der Waals surface area contributed by atoms with E-state index in [4.69, 9.17) is 9.47 Å². The maximum Gasteiger partial charge on any atom is 0.310 e. The SMILES string of the molecule is CC(C)CCOc1cccc(NC(=O)C(C)Oc2ccccc2[N+](=O)[O-])c1. The number of hydrogen-bond acceptors (Lipinski definition) is 5. The van der Waals surface area contributed by atoms with Crippen molar-refractivity contribution < 1.29 is 19.2 Å². The molecular weight excluding hydrogens is 348 g/mol. The summed E-state index contributed by atoms with van der Waals surface area (Å²) >= 11 is 0. The van der Waals surface area contributed by atoms with Crippen LogP contribution in [-0.4, -0.2) is 23.5 Å². The number of hydrogen-bond donors (Lipinski definition) is 1. The van der Waals surface area contributed by atoms with E-state index in [1.54, 1.807) is 30.3 Å². The van der Waals surface area contributed by atoms with E-state index >= 15 is 0 Å². The Hall–Kier alpha value is -3.09. The van der Waals surface area contributed by atoms with Crippen molar-refractivity contribution >= 4 is 17.3 Å². The third kappa shape index (κ3) is 6.29. The van der Waals surface area contributed by atoms with Crippen LogP contribution < -0.4 is 14.8 Å². The number of nitro groups is 1. The van der Waals surface area contributed by atoms with E-state index in [0.717, 1.165) is 6.42 Å². The van der Waals surface area contributed by atoms with Gasteiger partial charge in [0.25, 0.3) is 5.91 Å². The van der Waals surface area contributed by atoms with Gasteiger partial charge in [-0.2, -0.15) is 0 Å². The standard InChI is InChI=1S/C20H24N2O5/c1-14(2)11-12-26-17-8-6-7-16(13-17)21-20(23)15(3)27-19-10-5-4-9-18(19)22(24)25/h4-10,13-15H,11-12H2,1-3H3,(H,21,23). The van der Waals surface area contributed by atoms with Crippen LogP contribution >= 0.6 is 0 Å². The number of nitro benzene ring substituents is 1. The van der Waals surface area contributed by atoms with Crippen LogP contribution in [-0.2, 0) is 4.79 Å². The molecule has 27 heavy (non-hydrogen) atoms. The first kappa shape index (κ1) is 20.2. The molecule has 0 saturated carbocycles. The number of amides is 1. The van der Waals surface area contributed by atoms with Gasteiger partial charge in [0.05, 0.1) is 11.5 Å². The van der Waals surface area contributed by atoms with Crippen LogP contribution in [0, 0.1) is 16.0 Å². The topological polar surface area (TPSA) is 90.7 Å². The molecule has 0 fully saturated rings. The van der Waals surface area contributed by atoms with Gasteiger partial charge in [-0.3, -0.25) is 14.9 Å². The molecule has 1 amide bonds. The smallest absolute Gasteiger partial charge is 0.310 e. The van der Waals surface area contributed by atoms with Gasteiger partial charge in [0.1, 0.15) is 5.75 Å². The molecule has 2 aromatic rings. The Bertz CT molecular complexity index is 791. The molecule has 0 aliphatic rings. The fourth-order valence-electron chi connectivity index (χ4n) is 2.27. The van der Waals surface area contributed by atoms with E-state index in [2.05, 4.69) is 19.2 Å². The highest BCUT2D eigenvalue weighted by atomic mass is 16.6. The van der Waals surface area contributed by atoms with Gasteiger partial charge in [-0.15, -0.1) is 0 Å². The Balaban J connectivity index is 1.97. The fourth-order valence-corrected chi connectivity index (χ4v) is 2.27. The second-order valence-electron chi connectivity index (χ2n) is 6.53. The molecule has 0 saturated heterocycles. The summed E-state index contributed by atoms with van der Waals surface area (Å²) < 4.78 is 11.2. The van der Waals surface area contributed by atoms with Crippen LogP contribution in [0.5, 0.6) is 11.5 Å². The maximum absolute atomic E-state index is 12.4. The monoisotopic (exact) mass is 372 g/mol. The summed E-state index contributed by atoms with van der Waals surface area (Å²) in [7, 11) is 0. The summed E-state index contributed by atoms with van der Waals surface area (Å²) in [5, 5.41) is 13.8. The normalized spacial score (nSPS) is 11.7. The first-order chi connectivity index (χ1) is 12.9. The van der Waals surface area contributed by atoms with E-state index < -0.39 is 16.9 Å². The van der Waals surface area contributed by atoms with Gasteiger partial charge < -0.3 is 14.8 Å². The first-order valence-corrected chi connectivity index (χ1v) is 8.80. The zero-order chi connectivity index (χ0) is 19.8. The van der Waals surface area contributed by atoms with Gasteiger partial charge in [0, 0.05) is 17.8 Å². The Morgan fingerprint density at radius 3 is 2.59 bits per heavy atom. The maximum atomic E-state index is 12.4. The molecule has 0 heterocycles. The van der Waals surface area contributed by atoms with Gasteiger partial charge in [-0.05, 0) is 37.5 Å². The van der Waals surface area contributed by atoms with Gasteiger partial charge in [-0.1, -0.05) is 32.0 Å². The lowest BCUT2D eigenvalue weighted by Crippen LogP contribution is -2.30. The molecule has 2 aromatic carbocycles. The van der Waals surface area contributed by atoms with Crippen LogP contribution in [0.2, 0.25) is 0 Å². The van der Waals surface area contributed by atoms with Crippen molar-refractivity contribution in [1.82, 2.24) is 0 Å². The molecule has 0 radical (unpaired) electrons. The second kappa shape index (κ2) is 9.56. The van der Waals surface area contributed by atoms with Gasteiger partial charge in [0.2, 0.25) is 0 Å². The Morgan fingerprint density at radius 2 is 1.89 bits per heavy atom. The molecule has 0 aliphatic carbocycles. The predicted molar refractivity (Wildman–Crippen MR) is 103 cm³/mol. The van der Waals surface area contributed by atoms with Crippen molar-refractivity contribution in [3.05, 3.63) is 58.6 Å². The van der Waals surface area contributed by atoms with Gasteiger partial charge in [-0.25, -0.2) is 0 Å². The Kier molecular flexibility index (Phi) is 7.16. The third-order valence-electron chi connectivity index (χ3n) is 3.80. The number of nitrogens with one attached hydrogen (secondary N) is 1. The highest BCUT2D eigenvalue weighted by Gasteiger charge is 2.20. The lowest BCUT2D eigenvalue weighted by molar-refractivity contribution is -0.386. The summed E-state index contributed by atoms with van der Waals surface area (Å²) in [6.07, 6.45) is 0.0359. The number of carbonyl (C=O) groups excluding carboxylic acids is 1. The zero-order valence-corrected chi connectivity index (χ0v) is 15.7. The number of ether oxygens (including phenoxy) is 2. The summed E-state index contributed by atoms with van der Waals surface area (Å²) in [6, 6.07) is 13.0. The zero-order valence-electron chi connectivity index (χ0n) is 15.7. The van der Waals surface area contributed by atoms with E-state index in [0.29, 0.717) is 24.0 Å². The summed E-state index contributed by atoms with van der Waals surface area (Å²) in [4.78, 5) is 22.9. The molecule has 2 rings (SSSR count). The van der Waals surface area contributed by atoms with Crippen LogP contribution in [0.1, 0.15) is 27.2 Å². The lowest BCUT2D eigenvalue weighted by Gasteiger charge is -2.15. The van der Waals surface area contributed by atoms with Crippen molar-refractivity contribution in [2.75, 3.05) is 11.9 Å². The van der Waals surface area contributed by atoms with Crippen LogP contribution in [0.25, 0.3) is 0 Å². The molecule has 7 heteroatoms. The van der Waals surface area contributed by atoms with Crippen molar-refractivity contribution in [2.24, 2.45) is 5.92 Å². The minimum absolute atomic E-state index is 0.0518. The number of benzene rings is 2. The molecular formula is C20H24N2O5. The first-order valence-electron chi connectivity index (χ1n) is 8.80. The van der Waals surface area contributed by atoms with E-state index in [-0.39, 0.29) is 11.4 Å². The molecule has 0 aromatic heterocycles. The average Bonchev–Trinajstić information content (AvgIpc) is 2.62. The quantitative estimate of drug-likeness (QED) is 0.519. The minimum atomic E-state index is -0.906. The average molecular weight is 372 g/mol. The number of para-hydroxylation sites is 2. The van der Waals surface area contributed by atoms with Crippen LogP contribution in [0.4, 0.5) is 11.4 Å². The third-order valence-corrected chi connectivity index (χ3v) is 3.80. The number of carbonyl (C=O) groups is 1. The summed E-state index contributed by atoms with van der Waals surface area (Å²) in [6.45, 7) is 6.39. The van der Waals surface area contributed by atoms with Crippen LogP contribution in [0.3, 0.4) is 0 Å². The molecule has 0 bridgehead atoms. The largest absolute Gasteiger partial charge is 0.494 e.